The number of ether oxygens (including phenoxy) is 1. The number of halogens is 2. The number of carbonyl (C=O) groups excluding carboxylic acids is 1. The first-order chi connectivity index (χ1) is 10.7. The average molecular weight is 382 g/mol. The van der Waals surface area contributed by atoms with Crippen LogP contribution in [0.2, 0.25) is 0 Å². The van der Waals surface area contributed by atoms with Crippen molar-refractivity contribution < 1.29 is 9.53 Å². The predicted molar refractivity (Wildman–Crippen MR) is 101 cm³/mol. The van der Waals surface area contributed by atoms with Gasteiger partial charge in [-0.25, -0.2) is 0 Å². The molecule has 3 rings (SSSR count). The predicted octanol–water partition coefficient (Wildman–Crippen LogP) is 2.20. The summed E-state index contributed by atoms with van der Waals surface area (Å²) >= 11 is 0. The molecule has 0 atom stereocenters. The molecule has 0 spiro atoms. The first kappa shape index (κ1) is 22.0. The van der Waals surface area contributed by atoms with E-state index in [1.54, 1.807) is 0 Å². The van der Waals surface area contributed by atoms with E-state index in [0.29, 0.717) is 6.10 Å². The molecule has 3 aliphatic rings. The first-order valence-electron chi connectivity index (χ1n) is 9.10. The summed E-state index contributed by atoms with van der Waals surface area (Å²) in [6, 6.07) is 0. The zero-order chi connectivity index (χ0) is 15.4. The zero-order valence-corrected chi connectivity index (χ0v) is 16.2. The topological polar surface area (TPSA) is 58.8 Å². The number of amides is 1. The maximum Gasteiger partial charge on any atom is 0.242 e. The highest BCUT2D eigenvalue weighted by Crippen LogP contribution is 2.30. The number of piperidine rings is 1. The Hall–Kier alpha value is -0.0700. The van der Waals surface area contributed by atoms with Gasteiger partial charge in [0.1, 0.15) is 0 Å². The quantitative estimate of drug-likeness (QED) is 0.792. The van der Waals surface area contributed by atoms with Crippen molar-refractivity contribution in [2.24, 2.45) is 5.73 Å². The molecule has 0 aromatic rings. The molecular formula is C17H33Cl2N3O2. The van der Waals surface area contributed by atoms with Crippen LogP contribution in [-0.4, -0.2) is 66.7 Å². The van der Waals surface area contributed by atoms with Gasteiger partial charge in [0.15, 0.2) is 0 Å². The smallest absolute Gasteiger partial charge is 0.242 e. The van der Waals surface area contributed by atoms with Gasteiger partial charge in [0.25, 0.3) is 0 Å². The minimum absolute atomic E-state index is 0. The summed E-state index contributed by atoms with van der Waals surface area (Å²) in [7, 11) is 0. The van der Waals surface area contributed by atoms with Crippen LogP contribution >= 0.6 is 24.8 Å². The van der Waals surface area contributed by atoms with Crippen molar-refractivity contribution in [3.63, 3.8) is 0 Å². The Balaban J connectivity index is 0.00000144. The molecule has 2 heterocycles. The van der Waals surface area contributed by atoms with Gasteiger partial charge in [-0.1, -0.05) is 12.8 Å². The monoisotopic (exact) mass is 381 g/mol. The third-order valence-corrected chi connectivity index (χ3v) is 5.61. The van der Waals surface area contributed by atoms with Gasteiger partial charge >= 0.3 is 0 Å². The van der Waals surface area contributed by atoms with Crippen LogP contribution in [0, 0.1) is 0 Å². The molecule has 5 nitrogen and oxygen atoms in total. The number of hydrogen-bond acceptors (Lipinski definition) is 4. The van der Waals surface area contributed by atoms with Crippen LogP contribution < -0.4 is 5.73 Å². The van der Waals surface area contributed by atoms with Crippen molar-refractivity contribution in [1.82, 2.24) is 9.80 Å². The largest absolute Gasteiger partial charge is 0.377 e. The van der Waals surface area contributed by atoms with E-state index < -0.39 is 5.54 Å². The fourth-order valence-corrected chi connectivity index (χ4v) is 4.11. The number of hydrogen-bond donors (Lipinski definition) is 1. The van der Waals surface area contributed by atoms with Crippen LogP contribution in [-0.2, 0) is 9.53 Å². The molecule has 142 valence electrons. The van der Waals surface area contributed by atoms with E-state index in [1.807, 2.05) is 4.90 Å². The second kappa shape index (κ2) is 10.2. The lowest BCUT2D eigenvalue weighted by atomic mass is 9.95. The minimum atomic E-state index is -0.566. The molecule has 2 aliphatic heterocycles. The van der Waals surface area contributed by atoms with Gasteiger partial charge in [-0.3, -0.25) is 4.79 Å². The first-order valence-corrected chi connectivity index (χ1v) is 9.10. The molecule has 1 saturated carbocycles. The van der Waals surface area contributed by atoms with Crippen molar-refractivity contribution in [2.75, 3.05) is 39.3 Å². The summed E-state index contributed by atoms with van der Waals surface area (Å²) in [5.41, 5.74) is 5.72. The van der Waals surface area contributed by atoms with Crippen LogP contribution in [0.15, 0.2) is 0 Å². The van der Waals surface area contributed by atoms with Crippen molar-refractivity contribution in [1.29, 1.82) is 0 Å². The van der Waals surface area contributed by atoms with E-state index >= 15 is 0 Å². The molecule has 7 heteroatoms. The molecule has 2 saturated heterocycles. The maximum absolute atomic E-state index is 12.6. The zero-order valence-electron chi connectivity index (χ0n) is 14.6. The van der Waals surface area contributed by atoms with Gasteiger partial charge in [0, 0.05) is 19.6 Å². The molecule has 1 amide bonds. The third-order valence-electron chi connectivity index (χ3n) is 5.61. The molecule has 2 N–H and O–H groups in total. The lowest BCUT2D eigenvalue weighted by Crippen LogP contribution is -2.55. The maximum atomic E-state index is 12.6. The number of likely N-dealkylation sites (tertiary alicyclic amines) is 2. The van der Waals surface area contributed by atoms with Gasteiger partial charge in [-0.2, -0.15) is 0 Å². The Bertz CT molecular complexity index is 378. The lowest BCUT2D eigenvalue weighted by Gasteiger charge is -2.36. The van der Waals surface area contributed by atoms with Crippen LogP contribution in [0.1, 0.15) is 51.4 Å². The normalized spacial score (nSPS) is 24.5. The summed E-state index contributed by atoms with van der Waals surface area (Å²) in [5, 5.41) is 0. The van der Waals surface area contributed by atoms with Gasteiger partial charge in [-0.05, 0) is 51.6 Å². The summed E-state index contributed by atoms with van der Waals surface area (Å²) in [4.78, 5) is 17.0. The molecule has 1 aliphatic carbocycles. The van der Waals surface area contributed by atoms with Gasteiger partial charge in [0.05, 0.1) is 18.2 Å². The van der Waals surface area contributed by atoms with Crippen LogP contribution in [0.25, 0.3) is 0 Å². The average Bonchev–Trinajstić information content (AvgIpc) is 3.20. The van der Waals surface area contributed by atoms with E-state index in [1.165, 1.54) is 25.9 Å². The van der Waals surface area contributed by atoms with E-state index in [9.17, 15) is 4.79 Å². The highest BCUT2D eigenvalue weighted by atomic mass is 35.5. The molecule has 0 bridgehead atoms. The Kier molecular flexibility index (Phi) is 9.31. The minimum Gasteiger partial charge on any atom is -0.377 e. The molecule has 0 aromatic heterocycles. The number of rotatable bonds is 5. The molecule has 0 aromatic carbocycles. The van der Waals surface area contributed by atoms with Crippen molar-refractivity contribution in [3.05, 3.63) is 0 Å². The molecule has 0 unspecified atom stereocenters. The van der Waals surface area contributed by atoms with E-state index in [4.69, 9.17) is 10.5 Å². The highest BCUT2D eigenvalue weighted by molar-refractivity contribution is 5.86. The Morgan fingerprint density at radius 2 is 1.58 bits per heavy atom. The summed E-state index contributed by atoms with van der Waals surface area (Å²) in [6.07, 6.45) is 8.82. The second-order valence-electron chi connectivity index (χ2n) is 7.27. The fourth-order valence-electron chi connectivity index (χ4n) is 4.11. The third kappa shape index (κ3) is 5.46. The summed E-state index contributed by atoms with van der Waals surface area (Å²) in [5.74, 6) is 0.181. The van der Waals surface area contributed by atoms with Gasteiger partial charge in [-0.15, -0.1) is 24.8 Å². The van der Waals surface area contributed by atoms with Crippen molar-refractivity contribution >= 4 is 30.7 Å². The number of nitrogens with zero attached hydrogens (tertiary/aromatic N) is 2. The van der Waals surface area contributed by atoms with Gasteiger partial charge in [0.2, 0.25) is 5.91 Å². The van der Waals surface area contributed by atoms with Crippen LogP contribution in [0.4, 0.5) is 0 Å². The van der Waals surface area contributed by atoms with Crippen LogP contribution in [0.5, 0.6) is 0 Å². The fraction of sp³-hybridized carbons (Fsp3) is 0.941. The standard InChI is InChI=1S/C17H31N3O2.2ClH/c18-17(7-1-2-8-17)16(21)20-11-5-15(6-12-20)22-14-13-19-9-3-4-10-19;;/h15H,1-14,18H2;2*1H. The molecule has 3 fully saturated rings. The number of carbonyl (C=O) groups is 1. The van der Waals surface area contributed by atoms with Crippen LogP contribution in [0.3, 0.4) is 0 Å². The SMILES string of the molecule is Cl.Cl.NC1(C(=O)N2CCC(OCCN3CCCC3)CC2)CCCC1. The second-order valence-corrected chi connectivity index (χ2v) is 7.27. The van der Waals surface area contributed by atoms with E-state index in [-0.39, 0.29) is 30.7 Å². The molecular weight excluding hydrogens is 349 g/mol. The van der Waals surface area contributed by atoms with Crippen molar-refractivity contribution in [3.8, 4) is 0 Å². The molecule has 0 radical (unpaired) electrons. The highest BCUT2D eigenvalue weighted by Gasteiger charge is 2.40. The van der Waals surface area contributed by atoms with Gasteiger partial charge < -0.3 is 20.3 Å². The Morgan fingerprint density at radius 1 is 1.00 bits per heavy atom. The van der Waals surface area contributed by atoms with E-state index in [2.05, 4.69) is 4.90 Å². The lowest BCUT2D eigenvalue weighted by molar-refractivity contribution is -0.139. The van der Waals surface area contributed by atoms with Crippen molar-refractivity contribution in [2.45, 2.75) is 63.0 Å². The number of nitrogens with two attached hydrogens (primary N) is 1. The Morgan fingerprint density at radius 3 is 2.17 bits per heavy atom. The molecule has 24 heavy (non-hydrogen) atoms. The Labute approximate surface area is 158 Å². The summed E-state index contributed by atoms with van der Waals surface area (Å²) < 4.78 is 6.01. The summed E-state index contributed by atoms with van der Waals surface area (Å²) in [6.45, 7) is 5.98. The van der Waals surface area contributed by atoms with E-state index in [0.717, 1.165) is 64.8 Å².